The van der Waals surface area contributed by atoms with E-state index in [0.29, 0.717) is 68.9 Å². The van der Waals surface area contributed by atoms with Crippen LogP contribution in [-0.4, -0.2) is 75.1 Å². The molecule has 2 aliphatic rings. The van der Waals surface area contributed by atoms with E-state index in [4.69, 9.17) is 10.5 Å². The summed E-state index contributed by atoms with van der Waals surface area (Å²) in [4.78, 5) is 32.9. The van der Waals surface area contributed by atoms with Gasteiger partial charge in [-0.2, -0.15) is 28.2 Å². The number of alkyl halides is 3. The lowest BCUT2D eigenvalue weighted by molar-refractivity contribution is -0.198. The molecule has 2 atom stereocenters. The molecule has 2 aliphatic heterocycles. The van der Waals surface area contributed by atoms with Gasteiger partial charge in [-0.1, -0.05) is 36.4 Å². The molecule has 0 radical (unpaired) electrons. The SMILES string of the molecule is CC(=O)NCCc1ccc(-c2ccc([C@@H](Oc3cc(N4CCC5(CC4)CN[C@H](C(=O)O)C5)nc(N)n3)C(F)(F)F)c(-n3ccc(C)n3)c2)cc1. The summed E-state index contributed by atoms with van der Waals surface area (Å²) in [6.07, 6.45) is -3.13. The van der Waals surface area contributed by atoms with Crippen LogP contribution in [0.5, 0.6) is 5.88 Å². The molecule has 2 aromatic carbocycles. The number of aryl methyl sites for hydroxylation is 1. The number of piperidine rings is 1. The van der Waals surface area contributed by atoms with E-state index in [2.05, 4.69) is 25.7 Å². The Morgan fingerprint density at radius 3 is 2.44 bits per heavy atom. The van der Waals surface area contributed by atoms with Gasteiger partial charge in [0, 0.05) is 50.9 Å². The summed E-state index contributed by atoms with van der Waals surface area (Å²) in [6.45, 7) is 5.34. The molecular weight excluding hydrogens is 653 g/mol. The molecule has 2 aromatic heterocycles. The molecule has 0 aliphatic carbocycles. The number of hydrogen-bond acceptors (Lipinski definition) is 9. The maximum atomic E-state index is 14.9. The molecule has 2 saturated heterocycles. The van der Waals surface area contributed by atoms with Crippen molar-refractivity contribution in [2.24, 2.45) is 5.41 Å². The van der Waals surface area contributed by atoms with E-state index < -0.39 is 24.3 Å². The quantitative estimate of drug-likeness (QED) is 0.185. The van der Waals surface area contributed by atoms with E-state index in [9.17, 15) is 27.9 Å². The third-order valence-electron chi connectivity index (χ3n) is 9.41. The van der Waals surface area contributed by atoms with Gasteiger partial charge in [0.2, 0.25) is 23.8 Å². The number of carboxylic acids is 1. The summed E-state index contributed by atoms with van der Waals surface area (Å²) in [5.74, 6) is -1.21. The highest BCUT2D eigenvalue weighted by Gasteiger charge is 2.46. The van der Waals surface area contributed by atoms with Crippen molar-refractivity contribution in [3.05, 3.63) is 77.6 Å². The fourth-order valence-electron chi connectivity index (χ4n) is 6.70. The largest absolute Gasteiger partial charge is 0.480 e. The Balaban J connectivity index is 1.27. The van der Waals surface area contributed by atoms with Crippen molar-refractivity contribution in [2.75, 3.05) is 36.8 Å². The minimum absolute atomic E-state index is 0.108. The Morgan fingerprint density at radius 2 is 1.82 bits per heavy atom. The second kappa shape index (κ2) is 14.0. The number of anilines is 2. The van der Waals surface area contributed by atoms with E-state index in [-0.39, 0.29) is 34.4 Å². The number of carbonyl (C=O) groups is 2. The molecule has 15 heteroatoms. The van der Waals surface area contributed by atoms with Gasteiger partial charge in [0.05, 0.1) is 11.4 Å². The number of aromatic nitrogens is 4. The number of nitrogens with one attached hydrogen (secondary N) is 2. The van der Waals surface area contributed by atoms with Crippen LogP contribution in [0.15, 0.2) is 60.8 Å². The lowest BCUT2D eigenvalue weighted by atomic mass is 9.76. The van der Waals surface area contributed by atoms with Gasteiger partial charge in [-0.3, -0.25) is 9.59 Å². The number of amides is 1. The molecule has 6 rings (SSSR count). The molecule has 4 heterocycles. The predicted octanol–water partition coefficient (Wildman–Crippen LogP) is 4.61. The summed E-state index contributed by atoms with van der Waals surface area (Å²) in [6, 6.07) is 14.7. The molecular formula is C35H39F3N8O4. The Labute approximate surface area is 286 Å². The van der Waals surface area contributed by atoms with E-state index >= 15 is 0 Å². The number of nitrogens with two attached hydrogens (primary N) is 1. The van der Waals surface area contributed by atoms with Gasteiger partial charge < -0.3 is 31.1 Å². The van der Waals surface area contributed by atoms with Crippen LogP contribution in [0, 0.1) is 12.3 Å². The highest BCUT2D eigenvalue weighted by atomic mass is 19.4. The van der Waals surface area contributed by atoms with Gasteiger partial charge in [-0.15, -0.1) is 0 Å². The third-order valence-corrected chi connectivity index (χ3v) is 9.41. The number of ether oxygens (including phenoxy) is 1. The van der Waals surface area contributed by atoms with Crippen molar-refractivity contribution >= 4 is 23.6 Å². The number of benzene rings is 2. The fraction of sp³-hybridized carbons (Fsp3) is 0.400. The number of nitrogens with zero attached hydrogens (tertiary/aromatic N) is 5. The van der Waals surface area contributed by atoms with Crippen molar-refractivity contribution < 1.29 is 32.6 Å². The normalized spacial score (nSPS) is 17.9. The van der Waals surface area contributed by atoms with E-state index in [1.807, 2.05) is 29.2 Å². The zero-order valence-corrected chi connectivity index (χ0v) is 27.7. The lowest BCUT2D eigenvalue weighted by Crippen LogP contribution is -2.41. The van der Waals surface area contributed by atoms with Gasteiger partial charge in [0.1, 0.15) is 11.9 Å². The first-order valence-electron chi connectivity index (χ1n) is 16.4. The number of carbonyl (C=O) groups excluding carboxylic acids is 1. The average Bonchev–Trinajstić information content (AvgIpc) is 3.70. The van der Waals surface area contributed by atoms with Crippen molar-refractivity contribution in [1.82, 2.24) is 30.4 Å². The molecule has 0 unspecified atom stereocenters. The zero-order chi connectivity index (χ0) is 35.6. The van der Waals surface area contributed by atoms with Crippen LogP contribution < -0.4 is 26.0 Å². The number of rotatable bonds is 10. The Morgan fingerprint density at radius 1 is 1.10 bits per heavy atom. The molecule has 1 spiro atoms. The van der Waals surface area contributed by atoms with Crippen molar-refractivity contribution in [3.63, 3.8) is 0 Å². The molecule has 50 heavy (non-hydrogen) atoms. The number of halogens is 3. The summed E-state index contributed by atoms with van der Waals surface area (Å²) in [5, 5.41) is 19.7. The van der Waals surface area contributed by atoms with Gasteiger partial charge in [-0.05, 0) is 66.8 Å². The fourth-order valence-corrected chi connectivity index (χ4v) is 6.70. The van der Waals surface area contributed by atoms with Crippen LogP contribution in [-0.2, 0) is 16.0 Å². The van der Waals surface area contributed by atoms with Gasteiger partial charge in [-0.25, -0.2) is 4.68 Å². The molecule has 12 nitrogen and oxygen atoms in total. The molecule has 4 aromatic rings. The Bertz CT molecular complexity index is 1860. The number of nitrogen functional groups attached to an aromatic ring is 1. The van der Waals surface area contributed by atoms with Crippen LogP contribution in [0.4, 0.5) is 24.9 Å². The molecule has 264 valence electrons. The topological polar surface area (TPSA) is 161 Å². The van der Waals surface area contributed by atoms with Crippen molar-refractivity contribution in [1.29, 1.82) is 0 Å². The lowest BCUT2D eigenvalue weighted by Gasteiger charge is -2.39. The van der Waals surface area contributed by atoms with Crippen molar-refractivity contribution in [2.45, 2.75) is 57.9 Å². The van der Waals surface area contributed by atoms with Crippen LogP contribution in [0.25, 0.3) is 16.8 Å². The monoisotopic (exact) mass is 692 g/mol. The Kier molecular flexibility index (Phi) is 9.69. The van der Waals surface area contributed by atoms with E-state index in [1.54, 1.807) is 31.3 Å². The number of carboxylic acid groups (broad SMARTS) is 1. The number of hydrogen-bond donors (Lipinski definition) is 4. The van der Waals surface area contributed by atoms with Crippen molar-refractivity contribution in [3.8, 4) is 22.7 Å². The summed E-state index contributed by atoms with van der Waals surface area (Å²) in [5.41, 5.74) is 8.94. The average molecular weight is 693 g/mol. The summed E-state index contributed by atoms with van der Waals surface area (Å²) < 4.78 is 51.8. The molecule has 0 bridgehead atoms. The van der Waals surface area contributed by atoms with Gasteiger partial charge in [0.15, 0.2) is 0 Å². The van der Waals surface area contributed by atoms with Crippen LogP contribution in [0.2, 0.25) is 0 Å². The summed E-state index contributed by atoms with van der Waals surface area (Å²) >= 11 is 0. The zero-order valence-electron chi connectivity index (χ0n) is 27.7. The van der Waals surface area contributed by atoms with Crippen LogP contribution in [0.3, 0.4) is 0 Å². The second-order valence-electron chi connectivity index (χ2n) is 13.0. The standard InChI is InChI=1S/C35H39F3N8O4/c1-21-10-14-46(44-21)28-17-25(24-5-3-23(4-6-24)9-13-40-22(2)47)7-8-26(28)31(35(36,37)38)50-30-18-29(42-33(39)43-30)45-15-11-34(12-16-45)19-27(32(48)49)41-20-34/h3-8,10,14,17-18,27,31,41H,9,11-13,15-16,19-20H2,1-2H3,(H,40,47)(H,48,49)(H2,39,42,43)/t27-,31+/m0/s1. The smallest absolute Gasteiger partial charge is 0.429 e. The van der Waals surface area contributed by atoms with Gasteiger partial charge >= 0.3 is 12.1 Å². The molecule has 0 saturated carbocycles. The Hall–Kier alpha value is -5.18. The maximum absolute atomic E-state index is 14.9. The minimum atomic E-state index is -4.85. The first-order valence-corrected chi connectivity index (χ1v) is 16.4. The first-order chi connectivity index (χ1) is 23.8. The van der Waals surface area contributed by atoms with Crippen LogP contribution >= 0.6 is 0 Å². The molecule has 5 N–H and O–H groups in total. The van der Waals surface area contributed by atoms with E-state index in [0.717, 1.165) is 11.1 Å². The highest BCUT2D eigenvalue weighted by Crippen LogP contribution is 2.43. The van der Waals surface area contributed by atoms with E-state index in [1.165, 1.54) is 23.7 Å². The first kappa shape index (κ1) is 34.7. The third kappa shape index (κ3) is 7.83. The van der Waals surface area contributed by atoms with Crippen LogP contribution in [0.1, 0.15) is 49.1 Å². The molecule has 2 fully saturated rings. The number of aliphatic carboxylic acids is 1. The maximum Gasteiger partial charge on any atom is 0.429 e. The summed E-state index contributed by atoms with van der Waals surface area (Å²) in [7, 11) is 0. The molecule has 1 amide bonds. The predicted molar refractivity (Wildman–Crippen MR) is 180 cm³/mol. The van der Waals surface area contributed by atoms with Gasteiger partial charge in [0.25, 0.3) is 0 Å². The second-order valence-corrected chi connectivity index (χ2v) is 13.0. The minimum Gasteiger partial charge on any atom is -0.480 e. The highest BCUT2D eigenvalue weighted by molar-refractivity contribution is 5.74.